The van der Waals surface area contributed by atoms with Gasteiger partial charge in [0.1, 0.15) is 6.54 Å². The Bertz CT molecular complexity index is 1260. The van der Waals surface area contributed by atoms with Crippen LogP contribution in [0.25, 0.3) is 16.9 Å². The Kier molecular flexibility index (Phi) is 6.06. The van der Waals surface area contributed by atoms with Crippen molar-refractivity contribution in [3.63, 3.8) is 0 Å². The van der Waals surface area contributed by atoms with Crippen molar-refractivity contribution >= 4 is 28.8 Å². The van der Waals surface area contributed by atoms with Gasteiger partial charge < -0.3 is 4.90 Å². The van der Waals surface area contributed by atoms with E-state index in [0.29, 0.717) is 11.6 Å². The van der Waals surface area contributed by atoms with Gasteiger partial charge in [0.2, 0.25) is 5.91 Å². The Morgan fingerprint density at radius 3 is 2.48 bits per heavy atom. The third-order valence-corrected chi connectivity index (χ3v) is 6.16. The molecule has 0 unspecified atom stereocenters. The topological polar surface area (TPSA) is 60.1 Å². The monoisotopic (exact) mass is 452 g/mol. The zero-order valence-corrected chi connectivity index (χ0v) is 18.7. The number of nitrogens with zero attached hydrogens (tertiary/aromatic N) is 4. The standard InChI is InChI=1S/C23H21ClN4O2S/c1-16-15-31-23(30)27(16)14-21(29)26(2)12-18-13-28(20-6-4-3-5-7-20)25-22(18)17-8-10-19(24)11-9-17/h3-11,13,15H,12,14H2,1-2H3. The lowest BCUT2D eigenvalue weighted by Crippen LogP contribution is -2.32. The van der Waals surface area contributed by atoms with Crippen LogP contribution in [0.15, 0.2) is 71.0 Å². The summed E-state index contributed by atoms with van der Waals surface area (Å²) in [7, 11) is 1.74. The van der Waals surface area contributed by atoms with Crippen LogP contribution < -0.4 is 4.87 Å². The van der Waals surface area contributed by atoms with Gasteiger partial charge in [0.25, 0.3) is 0 Å². The summed E-state index contributed by atoms with van der Waals surface area (Å²) in [6.07, 6.45) is 1.94. The summed E-state index contributed by atoms with van der Waals surface area (Å²) in [5.74, 6) is -0.141. The van der Waals surface area contributed by atoms with E-state index in [-0.39, 0.29) is 17.3 Å². The summed E-state index contributed by atoms with van der Waals surface area (Å²) in [5, 5.41) is 7.19. The molecule has 0 aliphatic carbocycles. The van der Waals surface area contributed by atoms with Gasteiger partial charge in [-0.1, -0.05) is 53.3 Å². The molecule has 4 rings (SSSR count). The number of hydrogen-bond donors (Lipinski definition) is 0. The van der Waals surface area contributed by atoms with E-state index in [2.05, 4.69) is 0 Å². The van der Waals surface area contributed by atoms with E-state index in [0.717, 1.165) is 39.5 Å². The molecule has 0 radical (unpaired) electrons. The van der Waals surface area contributed by atoms with Crippen LogP contribution in [0.4, 0.5) is 0 Å². The predicted octanol–water partition coefficient (Wildman–Crippen LogP) is 4.38. The molecule has 0 N–H and O–H groups in total. The fraction of sp³-hybridized carbons (Fsp3) is 0.174. The second-order valence-electron chi connectivity index (χ2n) is 7.27. The lowest BCUT2D eigenvalue weighted by atomic mass is 10.1. The molecule has 2 aromatic heterocycles. The van der Waals surface area contributed by atoms with Gasteiger partial charge in [-0.15, -0.1) is 0 Å². The van der Waals surface area contributed by atoms with Gasteiger partial charge in [-0.3, -0.25) is 14.2 Å². The average Bonchev–Trinajstić information content (AvgIpc) is 3.33. The number of halogens is 1. The van der Waals surface area contributed by atoms with E-state index < -0.39 is 0 Å². The maximum absolute atomic E-state index is 12.8. The Balaban J connectivity index is 1.64. The summed E-state index contributed by atoms with van der Waals surface area (Å²) in [4.78, 5) is 26.3. The number of hydrogen-bond acceptors (Lipinski definition) is 4. The van der Waals surface area contributed by atoms with Gasteiger partial charge in [0.15, 0.2) is 0 Å². The Morgan fingerprint density at radius 2 is 1.84 bits per heavy atom. The first-order valence-electron chi connectivity index (χ1n) is 9.71. The summed E-state index contributed by atoms with van der Waals surface area (Å²) in [6.45, 7) is 2.21. The fourth-order valence-corrected chi connectivity index (χ4v) is 4.15. The zero-order chi connectivity index (χ0) is 22.0. The normalized spacial score (nSPS) is 10.9. The van der Waals surface area contributed by atoms with Crippen molar-refractivity contribution in [3.8, 4) is 16.9 Å². The Labute approximate surface area is 188 Å². The number of aromatic nitrogens is 3. The molecule has 6 nitrogen and oxygen atoms in total. The number of aryl methyl sites for hydroxylation is 1. The minimum absolute atomic E-state index is 0.0216. The SMILES string of the molecule is Cc1csc(=O)n1CC(=O)N(C)Cc1cn(-c2ccccc2)nc1-c1ccc(Cl)cc1. The van der Waals surface area contributed by atoms with Gasteiger partial charge in [0, 0.05) is 47.0 Å². The van der Waals surface area contributed by atoms with E-state index >= 15 is 0 Å². The lowest BCUT2D eigenvalue weighted by molar-refractivity contribution is -0.131. The second kappa shape index (κ2) is 8.91. The molecule has 2 aromatic carbocycles. The predicted molar refractivity (Wildman–Crippen MR) is 124 cm³/mol. The first-order valence-corrected chi connectivity index (χ1v) is 11.0. The summed E-state index contributed by atoms with van der Waals surface area (Å²) < 4.78 is 3.31. The maximum Gasteiger partial charge on any atom is 0.307 e. The Morgan fingerprint density at radius 1 is 1.13 bits per heavy atom. The first-order chi connectivity index (χ1) is 14.9. The quantitative estimate of drug-likeness (QED) is 0.436. The maximum atomic E-state index is 12.8. The van der Waals surface area contributed by atoms with Gasteiger partial charge in [-0.05, 0) is 31.2 Å². The molecule has 0 saturated heterocycles. The molecule has 0 bridgehead atoms. The number of likely N-dealkylation sites (N-methyl/N-ethyl adjacent to an activating group) is 1. The number of para-hydroxylation sites is 1. The third-order valence-electron chi connectivity index (χ3n) is 5.03. The van der Waals surface area contributed by atoms with E-state index in [9.17, 15) is 9.59 Å². The molecule has 4 aromatic rings. The van der Waals surface area contributed by atoms with Crippen molar-refractivity contribution in [1.29, 1.82) is 0 Å². The number of rotatable bonds is 6. The molecule has 2 heterocycles. The fourth-order valence-electron chi connectivity index (χ4n) is 3.29. The first kappa shape index (κ1) is 21.1. The van der Waals surface area contributed by atoms with Gasteiger partial charge in [-0.2, -0.15) is 5.10 Å². The van der Waals surface area contributed by atoms with Crippen molar-refractivity contribution < 1.29 is 4.79 Å². The third kappa shape index (κ3) is 4.62. The number of amides is 1. The summed E-state index contributed by atoms with van der Waals surface area (Å²) in [6, 6.07) is 17.3. The number of carbonyl (C=O) groups is 1. The van der Waals surface area contributed by atoms with E-state index in [1.54, 1.807) is 17.3 Å². The number of thiazole rings is 1. The van der Waals surface area contributed by atoms with Crippen LogP contribution in [0.2, 0.25) is 5.02 Å². The highest BCUT2D eigenvalue weighted by Gasteiger charge is 2.18. The molecular formula is C23H21ClN4O2S. The smallest absolute Gasteiger partial charge is 0.307 e. The molecule has 1 amide bonds. The Hall–Kier alpha value is -3.16. The van der Waals surface area contributed by atoms with Gasteiger partial charge in [0.05, 0.1) is 11.4 Å². The number of carbonyl (C=O) groups excluding carboxylic acids is 1. The largest absolute Gasteiger partial charge is 0.340 e. The van der Waals surface area contributed by atoms with Crippen LogP contribution >= 0.6 is 22.9 Å². The minimum Gasteiger partial charge on any atom is -0.340 e. The van der Waals surface area contributed by atoms with Crippen LogP contribution in [-0.2, 0) is 17.9 Å². The highest BCUT2D eigenvalue weighted by atomic mass is 35.5. The molecular weight excluding hydrogens is 432 g/mol. The van der Waals surface area contributed by atoms with Gasteiger partial charge in [-0.25, -0.2) is 4.68 Å². The van der Waals surface area contributed by atoms with Crippen LogP contribution in [0, 0.1) is 6.92 Å². The molecule has 0 aliphatic rings. The number of benzene rings is 2. The van der Waals surface area contributed by atoms with Crippen molar-refractivity contribution in [3.05, 3.63) is 92.1 Å². The minimum atomic E-state index is -0.141. The summed E-state index contributed by atoms with van der Waals surface area (Å²) >= 11 is 7.16. The van der Waals surface area contributed by atoms with E-state index in [1.165, 1.54) is 4.57 Å². The molecule has 0 aliphatic heterocycles. The molecule has 8 heteroatoms. The van der Waals surface area contributed by atoms with Crippen LogP contribution in [0.1, 0.15) is 11.3 Å². The van der Waals surface area contributed by atoms with E-state index in [1.807, 2.05) is 72.4 Å². The van der Waals surface area contributed by atoms with Crippen LogP contribution in [0.3, 0.4) is 0 Å². The van der Waals surface area contributed by atoms with Crippen molar-refractivity contribution in [1.82, 2.24) is 19.2 Å². The van der Waals surface area contributed by atoms with Crippen molar-refractivity contribution in [2.75, 3.05) is 7.05 Å². The molecule has 0 fully saturated rings. The highest BCUT2D eigenvalue weighted by molar-refractivity contribution is 7.07. The average molecular weight is 453 g/mol. The van der Waals surface area contributed by atoms with Gasteiger partial charge >= 0.3 is 4.87 Å². The van der Waals surface area contributed by atoms with Crippen molar-refractivity contribution in [2.45, 2.75) is 20.0 Å². The lowest BCUT2D eigenvalue weighted by Gasteiger charge is -2.17. The van der Waals surface area contributed by atoms with Crippen LogP contribution in [0.5, 0.6) is 0 Å². The zero-order valence-electron chi connectivity index (χ0n) is 17.2. The molecule has 0 spiro atoms. The molecule has 31 heavy (non-hydrogen) atoms. The highest BCUT2D eigenvalue weighted by Crippen LogP contribution is 2.26. The summed E-state index contributed by atoms with van der Waals surface area (Å²) in [5.41, 5.74) is 4.31. The van der Waals surface area contributed by atoms with E-state index in [4.69, 9.17) is 16.7 Å². The molecule has 158 valence electrons. The van der Waals surface area contributed by atoms with Crippen molar-refractivity contribution in [2.24, 2.45) is 0 Å². The van der Waals surface area contributed by atoms with Crippen LogP contribution in [-0.4, -0.2) is 32.2 Å². The second-order valence-corrected chi connectivity index (χ2v) is 8.53. The molecule has 0 atom stereocenters. The molecule has 0 saturated carbocycles.